The number of H-pyrrole nitrogens is 1. The molecule has 0 saturated heterocycles. The molecule has 0 amide bonds. The Bertz CT molecular complexity index is 475. The first-order valence-electron chi connectivity index (χ1n) is 7.57. The van der Waals surface area contributed by atoms with E-state index in [1.165, 1.54) is 0 Å². The van der Waals surface area contributed by atoms with Crippen LogP contribution < -0.4 is 5.32 Å². The number of likely N-dealkylation sites (N-methyl/N-ethyl adjacent to an activating group) is 1. The predicted octanol–water partition coefficient (Wildman–Crippen LogP) is 2.06. The fraction of sp³-hybridized carbons (Fsp3) is 0.786. The smallest absolute Gasteiger partial charge is 0.326 e. The van der Waals surface area contributed by atoms with Crippen LogP contribution in [-0.4, -0.2) is 45.1 Å². The zero-order chi connectivity index (χ0) is 15.3. The van der Waals surface area contributed by atoms with E-state index in [9.17, 15) is 4.79 Å². The first kappa shape index (κ1) is 16.3. The van der Waals surface area contributed by atoms with Gasteiger partial charge < -0.3 is 10.1 Å². The van der Waals surface area contributed by atoms with E-state index in [4.69, 9.17) is 4.74 Å². The molecule has 0 aromatic carbocycles. The largest absolute Gasteiger partial charge is 0.465 e. The summed E-state index contributed by atoms with van der Waals surface area (Å²) in [5, 5.41) is 11.5. The van der Waals surface area contributed by atoms with E-state index in [1.54, 1.807) is 11.8 Å². The number of hydrogen-bond donors (Lipinski definition) is 2. The van der Waals surface area contributed by atoms with Crippen LogP contribution in [0.2, 0.25) is 0 Å². The van der Waals surface area contributed by atoms with Gasteiger partial charge in [0.15, 0.2) is 0 Å². The molecule has 21 heavy (non-hydrogen) atoms. The lowest BCUT2D eigenvalue weighted by Gasteiger charge is -2.38. The summed E-state index contributed by atoms with van der Waals surface area (Å²) in [5.41, 5.74) is -0.550. The fourth-order valence-corrected chi connectivity index (χ4v) is 4.11. The van der Waals surface area contributed by atoms with Crippen LogP contribution in [0.4, 0.5) is 0 Å². The molecule has 0 spiro atoms. The van der Waals surface area contributed by atoms with Crippen LogP contribution in [-0.2, 0) is 9.53 Å². The highest BCUT2D eigenvalue weighted by molar-refractivity contribution is 7.99. The third-order valence-corrected chi connectivity index (χ3v) is 4.86. The van der Waals surface area contributed by atoms with Gasteiger partial charge in [0.2, 0.25) is 5.16 Å². The maximum atomic E-state index is 12.4. The number of carbonyl (C=O) groups excluding carboxylic acids is 1. The number of aromatic amines is 1. The van der Waals surface area contributed by atoms with E-state index in [1.807, 2.05) is 20.8 Å². The van der Waals surface area contributed by atoms with Gasteiger partial charge in [0.25, 0.3) is 0 Å². The number of esters is 1. The van der Waals surface area contributed by atoms with Gasteiger partial charge in [-0.25, -0.2) is 4.98 Å². The van der Waals surface area contributed by atoms with Crippen molar-refractivity contribution >= 4 is 17.7 Å². The minimum Gasteiger partial charge on any atom is -0.465 e. The average Bonchev–Trinajstić information content (AvgIpc) is 2.85. The molecule has 118 valence electrons. The molecule has 0 aliphatic heterocycles. The second-order valence-corrected chi connectivity index (χ2v) is 6.64. The summed E-state index contributed by atoms with van der Waals surface area (Å²) >= 11 is 1.65. The van der Waals surface area contributed by atoms with Crippen LogP contribution >= 0.6 is 11.8 Å². The van der Waals surface area contributed by atoms with Crippen molar-refractivity contribution in [3.05, 3.63) is 5.82 Å². The van der Waals surface area contributed by atoms with E-state index in [0.29, 0.717) is 11.9 Å². The van der Waals surface area contributed by atoms with Crippen LogP contribution in [0, 0.1) is 6.92 Å². The Morgan fingerprint density at radius 1 is 1.57 bits per heavy atom. The number of hydrogen-bond acceptors (Lipinski definition) is 6. The fourth-order valence-electron chi connectivity index (χ4n) is 2.87. The van der Waals surface area contributed by atoms with E-state index in [-0.39, 0.29) is 5.97 Å². The molecule has 2 unspecified atom stereocenters. The molecule has 2 N–H and O–H groups in total. The number of thioether (sulfide) groups is 1. The van der Waals surface area contributed by atoms with Crippen molar-refractivity contribution in [2.45, 2.75) is 62.4 Å². The standard InChI is InChI=1S/C14H24N4O2S/c1-4-15-14(12(19)20-5-2)8-6-7-11(9-14)21-13-16-10(3)17-18-13/h11,15H,4-9H2,1-3H3,(H,16,17,18). The third-order valence-electron chi connectivity index (χ3n) is 3.74. The lowest BCUT2D eigenvalue weighted by molar-refractivity contribution is -0.152. The Balaban J connectivity index is 2.06. The van der Waals surface area contributed by atoms with Crippen LogP contribution in [0.3, 0.4) is 0 Å². The third kappa shape index (κ3) is 3.97. The molecule has 2 atom stereocenters. The van der Waals surface area contributed by atoms with E-state index >= 15 is 0 Å². The van der Waals surface area contributed by atoms with Crippen molar-refractivity contribution in [2.24, 2.45) is 0 Å². The van der Waals surface area contributed by atoms with Crippen molar-refractivity contribution in [3.8, 4) is 0 Å². The van der Waals surface area contributed by atoms with Crippen molar-refractivity contribution in [1.29, 1.82) is 0 Å². The van der Waals surface area contributed by atoms with Crippen LogP contribution in [0.15, 0.2) is 5.16 Å². The molecule has 1 aromatic heterocycles. The molecule has 1 aliphatic rings. The lowest BCUT2D eigenvalue weighted by Crippen LogP contribution is -2.56. The number of aryl methyl sites for hydroxylation is 1. The molecule has 0 radical (unpaired) electrons. The Morgan fingerprint density at radius 3 is 3.00 bits per heavy atom. The van der Waals surface area contributed by atoms with Gasteiger partial charge in [0.1, 0.15) is 11.4 Å². The van der Waals surface area contributed by atoms with Gasteiger partial charge in [-0.15, -0.1) is 5.10 Å². The Labute approximate surface area is 129 Å². The van der Waals surface area contributed by atoms with Gasteiger partial charge in [0.05, 0.1) is 6.61 Å². The maximum Gasteiger partial charge on any atom is 0.326 e. The van der Waals surface area contributed by atoms with Crippen molar-refractivity contribution in [1.82, 2.24) is 20.5 Å². The summed E-state index contributed by atoms with van der Waals surface area (Å²) in [6.45, 7) is 6.94. The zero-order valence-corrected chi connectivity index (χ0v) is 13.8. The minimum atomic E-state index is -0.550. The molecule has 7 heteroatoms. The number of rotatable bonds is 6. The SMILES string of the molecule is CCNC1(C(=O)OCC)CCCC(Sc2n[nH]c(C)n2)C1. The second kappa shape index (κ2) is 7.26. The zero-order valence-electron chi connectivity index (χ0n) is 12.9. The van der Waals surface area contributed by atoms with Crippen LogP contribution in [0.5, 0.6) is 0 Å². The maximum absolute atomic E-state index is 12.4. The number of carbonyl (C=O) groups is 1. The summed E-state index contributed by atoms with van der Waals surface area (Å²) in [6, 6.07) is 0. The van der Waals surface area contributed by atoms with Crippen molar-refractivity contribution in [2.75, 3.05) is 13.2 Å². The Morgan fingerprint density at radius 2 is 2.38 bits per heavy atom. The highest BCUT2D eigenvalue weighted by Gasteiger charge is 2.43. The molecule has 2 rings (SSSR count). The molecule has 0 bridgehead atoms. The van der Waals surface area contributed by atoms with Crippen LogP contribution in [0.1, 0.15) is 45.4 Å². The Hall–Kier alpha value is -1.08. The van der Waals surface area contributed by atoms with Gasteiger partial charge in [-0.3, -0.25) is 9.89 Å². The van der Waals surface area contributed by atoms with E-state index in [0.717, 1.165) is 43.2 Å². The van der Waals surface area contributed by atoms with Gasteiger partial charge >= 0.3 is 5.97 Å². The molecule has 1 heterocycles. The summed E-state index contributed by atoms with van der Waals surface area (Å²) in [5.74, 6) is 0.694. The monoisotopic (exact) mass is 312 g/mol. The first-order chi connectivity index (χ1) is 10.1. The van der Waals surface area contributed by atoms with Gasteiger partial charge in [-0.2, -0.15) is 0 Å². The van der Waals surface area contributed by atoms with E-state index < -0.39 is 5.54 Å². The molecule has 1 aromatic rings. The highest BCUT2D eigenvalue weighted by Crippen LogP contribution is 2.38. The summed E-state index contributed by atoms with van der Waals surface area (Å²) in [7, 11) is 0. The highest BCUT2D eigenvalue weighted by atomic mass is 32.2. The number of nitrogens with zero attached hydrogens (tertiary/aromatic N) is 2. The van der Waals surface area contributed by atoms with Crippen molar-refractivity contribution < 1.29 is 9.53 Å². The lowest BCUT2D eigenvalue weighted by atomic mass is 9.81. The molecule has 1 saturated carbocycles. The Kier molecular flexibility index (Phi) is 5.64. The van der Waals surface area contributed by atoms with Gasteiger partial charge in [-0.05, 0) is 46.1 Å². The summed E-state index contributed by atoms with van der Waals surface area (Å²) < 4.78 is 5.29. The number of ether oxygens (including phenoxy) is 1. The van der Waals surface area contributed by atoms with Crippen molar-refractivity contribution in [3.63, 3.8) is 0 Å². The first-order valence-corrected chi connectivity index (χ1v) is 8.45. The quantitative estimate of drug-likeness (QED) is 0.783. The summed E-state index contributed by atoms with van der Waals surface area (Å²) in [6.07, 6.45) is 3.68. The number of aromatic nitrogens is 3. The molecule has 1 aliphatic carbocycles. The number of nitrogens with one attached hydrogen (secondary N) is 2. The second-order valence-electron chi connectivity index (χ2n) is 5.37. The van der Waals surface area contributed by atoms with Crippen LogP contribution in [0.25, 0.3) is 0 Å². The summed E-state index contributed by atoms with van der Waals surface area (Å²) in [4.78, 5) is 16.7. The molecular weight excluding hydrogens is 288 g/mol. The topological polar surface area (TPSA) is 79.9 Å². The molecule has 6 nitrogen and oxygen atoms in total. The van der Waals surface area contributed by atoms with E-state index in [2.05, 4.69) is 20.5 Å². The van der Waals surface area contributed by atoms with Gasteiger partial charge in [-0.1, -0.05) is 18.7 Å². The predicted molar refractivity (Wildman–Crippen MR) is 82.3 cm³/mol. The normalized spacial score (nSPS) is 25.8. The molecular formula is C14H24N4O2S. The molecule has 1 fully saturated rings. The average molecular weight is 312 g/mol. The minimum absolute atomic E-state index is 0.122. The van der Waals surface area contributed by atoms with Gasteiger partial charge in [0, 0.05) is 5.25 Å².